The standard InChI is InChI=1S/C24H26N2O4/c27-24(18-7-9-19(10-8-18)29-16-20-4-3-15-28-20)26-13-11-17(12-14-26)23-25-21-5-1-2-6-22(21)30-23/h1-2,5-10,17,20H,3-4,11-16H2. The van der Waals surface area contributed by atoms with Crippen LogP contribution < -0.4 is 4.74 Å². The Morgan fingerprint density at radius 3 is 2.60 bits per heavy atom. The molecule has 2 saturated heterocycles. The predicted octanol–water partition coefficient (Wildman–Crippen LogP) is 4.41. The van der Waals surface area contributed by atoms with Crippen molar-refractivity contribution in [3.05, 3.63) is 60.0 Å². The number of rotatable bonds is 5. The van der Waals surface area contributed by atoms with Crippen LogP contribution in [-0.4, -0.2) is 48.2 Å². The summed E-state index contributed by atoms with van der Waals surface area (Å²) in [5.41, 5.74) is 2.42. The Bertz CT molecular complexity index is 966. The summed E-state index contributed by atoms with van der Waals surface area (Å²) >= 11 is 0. The van der Waals surface area contributed by atoms with Gasteiger partial charge >= 0.3 is 0 Å². The van der Waals surface area contributed by atoms with Crippen LogP contribution in [0.1, 0.15) is 47.8 Å². The van der Waals surface area contributed by atoms with E-state index in [4.69, 9.17) is 13.9 Å². The minimum absolute atomic E-state index is 0.0664. The van der Waals surface area contributed by atoms with Crippen LogP contribution in [-0.2, 0) is 4.74 Å². The first-order chi connectivity index (χ1) is 14.8. The third-order valence-electron chi connectivity index (χ3n) is 6.00. The van der Waals surface area contributed by atoms with Gasteiger partial charge in [-0.25, -0.2) is 4.98 Å². The van der Waals surface area contributed by atoms with Crippen LogP contribution in [0.25, 0.3) is 11.1 Å². The van der Waals surface area contributed by atoms with Gasteiger partial charge in [-0.3, -0.25) is 4.79 Å². The monoisotopic (exact) mass is 406 g/mol. The second-order valence-electron chi connectivity index (χ2n) is 8.06. The zero-order valence-electron chi connectivity index (χ0n) is 17.0. The second-order valence-corrected chi connectivity index (χ2v) is 8.06. The second kappa shape index (κ2) is 8.48. The molecule has 2 aliphatic rings. The molecule has 0 saturated carbocycles. The minimum atomic E-state index is 0.0664. The normalized spacial score (nSPS) is 20.0. The first-order valence-electron chi connectivity index (χ1n) is 10.8. The molecule has 5 rings (SSSR count). The first-order valence-corrected chi connectivity index (χ1v) is 10.8. The summed E-state index contributed by atoms with van der Waals surface area (Å²) < 4.78 is 17.3. The Morgan fingerprint density at radius 2 is 1.87 bits per heavy atom. The zero-order valence-corrected chi connectivity index (χ0v) is 17.0. The molecule has 2 aliphatic heterocycles. The number of carbonyl (C=O) groups is 1. The van der Waals surface area contributed by atoms with Gasteiger partial charge in [0.1, 0.15) is 17.9 Å². The van der Waals surface area contributed by atoms with Crippen molar-refractivity contribution in [1.82, 2.24) is 9.88 Å². The van der Waals surface area contributed by atoms with Gasteiger partial charge in [-0.05, 0) is 62.1 Å². The van der Waals surface area contributed by atoms with Crippen LogP contribution in [0.3, 0.4) is 0 Å². The predicted molar refractivity (Wildman–Crippen MR) is 113 cm³/mol. The van der Waals surface area contributed by atoms with Gasteiger partial charge in [0.25, 0.3) is 5.91 Å². The summed E-state index contributed by atoms with van der Waals surface area (Å²) in [6, 6.07) is 15.3. The van der Waals surface area contributed by atoms with Crippen LogP contribution in [0.4, 0.5) is 0 Å². The fourth-order valence-corrected chi connectivity index (χ4v) is 4.24. The lowest BCUT2D eigenvalue weighted by Crippen LogP contribution is -2.37. The quantitative estimate of drug-likeness (QED) is 0.628. The Balaban J connectivity index is 1.16. The molecule has 30 heavy (non-hydrogen) atoms. The molecule has 0 spiro atoms. The molecule has 1 amide bonds. The van der Waals surface area contributed by atoms with Crippen LogP contribution >= 0.6 is 0 Å². The number of likely N-dealkylation sites (tertiary alicyclic amines) is 1. The van der Waals surface area contributed by atoms with E-state index >= 15 is 0 Å². The van der Waals surface area contributed by atoms with Crippen molar-refractivity contribution < 1.29 is 18.7 Å². The summed E-state index contributed by atoms with van der Waals surface area (Å²) in [4.78, 5) is 19.4. The fraction of sp³-hybridized carbons (Fsp3) is 0.417. The molecule has 0 N–H and O–H groups in total. The van der Waals surface area contributed by atoms with E-state index in [1.165, 1.54) is 0 Å². The maximum absolute atomic E-state index is 12.9. The van der Waals surface area contributed by atoms with E-state index in [0.29, 0.717) is 25.3 Å². The highest BCUT2D eigenvalue weighted by Gasteiger charge is 2.27. The number of benzene rings is 2. The Hall–Kier alpha value is -2.86. The van der Waals surface area contributed by atoms with E-state index < -0.39 is 0 Å². The van der Waals surface area contributed by atoms with Gasteiger partial charge in [-0.2, -0.15) is 0 Å². The smallest absolute Gasteiger partial charge is 0.253 e. The molecular formula is C24H26N2O4. The molecule has 0 aliphatic carbocycles. The Morgan fingerprint density at radius 1 is 1.07 bits per heavy atom. The van der Waals surface area contributed by atoms with Crippen LogP contribution in [0, 0.1) is 0 Å². The van der Waals surface area contributed by atoms with Gasteiger partial charge in [-0.15, -0.1) is 0 Å². The maximum atomic E-state index is 12.9. The Labute approximate surface area is 175 Å². The number of carbonyl (C=O) groups excluding carboxylic acids is 1. The van der Waals surface area contributed by atoms with Crippen molar-refractivity contribution in [2.24, 2.45) is 0 Å². The van der Waals surface area contributed by atoms with E-state index in [1.54, 1.807) is 0 Å². The molecule has 0 bridgehead atoms. The van der Waals surface area contributed by atoms with E-state index in [0.717, 1.165) is 55.0 Å². The lowest BCUT2D eigenvalue weighted by molar-refractivity contribution is 0.0677. The fourth-order valence-electron chi connectivity index (χ4n) is 4.24. The van der Waals surface area contributed by atoms with Crippen molar-refractivity contribution in [3.8, 4) is 5.75 Å². The van der Waals surface area contributed by atoms with E-state index in [1.807, 2.05) is 53.4 Å². The number of fused-ring (bicyclic) bond motifs is 1. The van der Waals surface area contributed by atoms with Gasteiger partial charge < -0.3 is 18.8 Å². The average Bonchev–Trinajstić information content (AvgIpc) is 3.47. The third-order valence-corrected chi connectivity index (χ3v) is 6.00. The van der Waals surface area contributed by atoms with Crippen LogP contribution in [0.2, 0.25) is 0 Å². The zero-order chi connectivity index (χ0) is 20.3. The number of piperidine rings is 1. The highest BCUT2D eigenvalue weighted by atomic mass is 16.5. The summed E-state index contributed by atoms with van der Waals surface area (Å²) in [6.45, 7) is 2.81. The minimum Gasteiger partial charge on any atom is -0.491 e. The van der Waals surface area contributed by atoms with Crippen LogP contribution in [0.5, 0.6) is 5.75 Å². The van der Waals surface area contributed by atoms with Gasteiger partial charge in [0.2, 0.25) is 0 Å². The number of oxazole rings is 1. The summed E-state index contributed by atoms with van der Waals surface area (Å²) in [6.07, 6.45) is 4.07. The first kappa shape index (κ1) is 19.1. The van der Waals surface area contributed by atoms with E-state index in [-0.39, 0.29) is 17.9 Å². The van der Waals surface area contributed by atoms with Crippen molar-refractivity contribution in [1.29, 1.82) is 0 Å². The van der Waals surface area contributed by atoms with Crippen LogP contribution in [0.15, 0.2) is 52.9 Å². The largest absolute Gasteiger partial charge is 0.491 e. The number of amides is 1. The SMILES string of the molecule is O=C(c1ccc(OCC2CCCO2)cc1)N1CCC(c2nc3ccccc3o2)CC1. The van der Waals surface area contributed by atoms with Crippen molar-refractivity contribution >= 4 is 17.0 Å². The summed E-state index contributed by atoms with van der Waals surface area (Å²) in [7, 11) is 0. The van der Waals surface area contributed by atoms with Gasteiger partial charge in [0.15, 0.2) is 11.5 Å². The Kier molecular flexibility index (Phi) is 5.41. The van der Waals surface area contributed by atoms with E-state index in [9.17, 15) is 4.79 Å². The summed E-state index contributed by atoms with van der Waals surface area (Å²) in [5, 5.41) is 0. The lowest BCUT2D eigenvalue weighted by atomic mass is 9.96. The van der Waals surface area contributed by atoms with E-state index in [2.05, 4.69) is 4.98 Å². The number of ether oxygens (including phenoxy) is 2. The molecule has 1 unspecified atom stereocenters. The van der Waals surface area contributed by atoms with Gasteiger partial charge in [0.05, 0.1) is 6.10 Å². The number of nitrogens with zero attached hydrogens (tertiary/aromatic N) is 2. The molecule has 3 aromatic rings. The number of aromatic nitrogens is 1. The number of hydrogen-bond donors (Lipinski definition) is 0. The van der Waals surface area contributed by atoms with Gasteiger partial charge in [0, 0.05) is 31.2 Å². The molecule has 6 heteroatoms. The average molecular weight is 406 g/mol. The third kappa shape index (κ3) is 4.05. The number of para-hydroxylation sites is 2. The molecule has 0 radical (unpaired) electrons. The highest BCUT2D eigenvalue weighted by molar-refractivity contribution is 5.94. The number of hydrogen-bond acceptors (Lipinski definition) is 5. The molecule has 1 aromatic heterocycles. The topological polar surface area (TPSA) is 64.8 Å². The molecule has 2 aromatic carbocycles. The molecule has 156 valence electrons. The van der Waals surface area contributed by atoms with Crippen molar-refractivity contribution in [2.45, 2.75) is 37.7 Å². The molecular weight excluding hydrogens is 380 g/mol. The summed E-state index contributed by atoms with van der Waals surface area (Å²) in [5.74, 6) is 1.89. The van der Waals surface area contributed by atoms with Crippen molar-refractivity contribution in [3.63, 3.8) is 0 Å². The molecule has 3 heterocycles. The molecule has 6 nitrogen and oxygen atoms in total. The molecule has 1 atom stereocenters. The highest BCUT2D eigenvalue weighted by Crippen LogP contribution is 2.30. The lowest BCUT2D eigenvalue weighted by Gasteiger charge is -2.30. The van der Waals surface area contributed by atoms with Crippen molar-refractivity contribution in [2.75, 3.05) is 26.3 Å². The maximum Gasteiger partial charge on any atom is 0.253 e. The van der Waals surface area contributed by atoms with Gasteiger partial charge in [-0.1, -0.05) is 12.1 Å². The molecule has 2 fully saturated rings.